The van der Waals surface area contributed by atoms with Gasteiger partial charge in [0.05, 0.1) is 6.54 Å². The lowest BCUT2D eigenvalue weighted by Gasteiger charge is -1.99. The van der Waals surface area contributed by atoms with Crippen LogP contribution in [0.3, 0.4) is 0 Å². The SMILES string of the molecule is O=C=NCCc1ccc(F)cc1F. The smallest absolute Gasteiger partial charge is 0.211 e. The summed E-state index contributed by atoms with van der Waals surface area (Å²) in [6.07, 6.45) is 1.63. The Balaban J connectivity index is 2.71. The molecule has 68 valence electrons. The van der Waals surface area contributed by atoms with Gasteiger partial charge in [-0.1, -0.05) is 6.07 Å². The lowest BCUT2D eigenvalue weighted by Crippen LogP contribution is -1.94. The van der Waals surface area contributed by atoms with Gasteiger partial charge < -0.3 is 0 Å². The molecule has 0 radical (unpaired) electrons. The lowest BCUT2D eigenvalue weighted by molar-refractivity contribution is 0.560. The van der Waals surface area contributed by atoms with Crippen LogP contribution < -0.4 is 0 Å². The van der Waals surface area contributed by atoms with Gasteiger partial charge in [0.15, 0.2) is 0 Å². The summed E-state index contributed by atoms with van der Waals surface area (Å²) in [5.41, 5.74) is 0.348. The molecular formula is C9H7F2NO. The summed E-state index contributed by atoms with van der Waals surface area (Å²) >= 11 is 0. The van der Waals surface area contributed by atoms with Crippen molar-refractivity contribution < 1.29 is 13.6 Å². The highest BCUT2D eigenvalue weighted by atomic mass is 19.1. The van der Waals surface area contributed by atoms with E-state index in [2.05, 4.69) is 4.99 Å². The van der Waals surface area contributed by atoms with E-state index >= 15 is 0 Å². The van der Waals surface area contributed by atoms with Gasteiger partial charge in [0, 0.05) is 6.07 Å². The van der Waals surface area contributed by atoms with Crippen LogP contribution in [-0.4, -0.2) is 12.6 Å². The van der Waals surface area contributed by atoms with Crippen LogP contribution in [0.5, 0.6) is 0 Å². The summed E-state index contributed by atoms with van der Waals surface area (Å²) in [6, 6.07) is 3.31. The molecule has 0 saturated carbocycles. The van der Waals surface area contributed by atoms with Crippen LogP contribution in [0.2, 0.25) is 0 Å². The van der Waals surface area contributed by atoms with Crippen LogP contribution >= 0.6 is 0 Å². The van der Waals surface area contributed by atoms with Crippen molar-refractivity contribution in [3.05, 3.63) is 35.4 Å². The molecule has 0 unspecified atom stereocenters. The third-order valence-corrected chi connectivity index (χ3v) is 1.57. The van der Waals surface area contributed by atoms with Gasteiger partial charge in [-0.15, -0.1) is 0 Å². The standard InChI is InChI=1S/C9H7F2NO/c10-8-2-1-7(9(11)5-8)3-4-12-6-13/h1-2,5H,3-4H2. The van der Waals surface area contributed by atoms with Gasteiger partial charge in [0.1, 0.15) is 11.6 Å². The highest BCUT2D eigenvalue weighted by Gasteiger charge is 2.02. The van der Waals surface area contributed by atoms with Gasteiger partial charge in [0.25, 0.3) is 0 Å². The maximum absolute atomic E-state index is 12.9. The average Bonchev–Trinajstić information content (AvgIpc) is 2.09. The molecule has 1 aromatic rings. The van der Waals surface area contributed by atoms with E-state index < -0.39 is 11.6 Å². The highest BCUT2D eigenvalue weighted by molar-refractivity contribution is 5.33. The Kier molecular flexibility index (Phi) is 3.29. The van der Waals surface area contributed by atoms with Gasteiger partial charge >= 0.3 is 0 Å². The third kappa shape index (κ3) is 2.76. The first-order chi connectivity index (χ1) is 6.24. The number of benzene rings is 1. The van der Waals surface area contributed by atoms with Gasteiger partial charge in [-0.2, -0.15) is 0 Å². The summed E-state index contributed by atoms with van der Waals surface area (Å²) in [7, 11) is 0. The largest absolute Gasteiger partial charge is 0.234 e. The summed E-state index contributed by atoms with van der Waals surface area (Å²) in [4.78, 5) is 13.0. The zero-order chi connectivity index (χ0) is 9.68. The van der Waals surface area contributed by atoms with E-state index in [0.717, 1.165) is 6.07 Å². The van der Waals surface area contributed by atoms with Crippen LogP contribution in [0, 0.1) is 11.6 Å². The number of carbonyl (C=O) groups excluding carboxylic acids is 1. The Morgan fingerprint density at radius 2 is 2.15 bits per heavy atom. The summed E-state index contributed by atoms with van der Waals surface area (Å²) in [5.74, 6) is -1.22. The number of isocyanates is 1. The predicted molar refractivity (Wildman–Crippen MR) is 43.1 cm³/mol. The highest BCUT2D eigenvalue weighted by Crippen LogP contribution is 2.09. The second-order valence-corrected chi connectivity index (χ2v) is 2.46. The molecule has 4 heteroatoms. The lowest BCUT2D eigenvalue weighted by atomic mass is 10.1. The van der Waals surface area contributed by atoms with Crippen LogP contribution in [0.4, 0.5) is 8.78 Å². The number of halogens is 2. The van der Waals surface area contributed by atoms with E-state index in [1.165, 1.54) is 18.2 Å². The molecule has 0 aliphatic heterocycles. The molecule has 0 heterocycles. The van der Waals surface area contributed by atoms with Crippen molar-refractivity contribution in [3.8, 4) is 0 Å². The first kappa shape index (κ1) is 9.55. The summed E-state index contributed by atoms with van der Waals surface area (Å²) in [6.45, 7) is 0.173. The molecule has 0 saturated heterocycles. The predicted octanol–water partition coefficient (Wildman–Crippen LogP) is 1.84. The average molecular weight is 183 g/mol. The van der Waals surface area contributed by atoms with Crippen molar-refractivity contribution in [1.82, 2.24) is 0 Å². The fourth-order valence-electron chi connectivity index (χ4n) is 0.946. The Morgan fingerprint density at radius 3 is 2.77 bits per heavy atom. The Hall–Kier alpha value is -1.54. The van der Waals surface area contributed by atoms with Crippen LogP contribution in [0.15, 0.2) is 23.2 Å². The number of nitrogens with zero attached hydrogens (tertiary/aromatic N) is 1. The minimum Gasteiger partial charge on any atom is -0.211 e. The number of rotatable bonds is 3. The monoisotopic (exact) mass is 183 g/mol. The van der Waals surface area contributed by atoms with Crippen molar-refractivity contribution in [2.45, 2.75) is 6.42 Å². The second-order valence-electron chi connectivity index (χ2n) is 2.46. The van der Waals surface area contributed by atoms with Crippen LogP contribution in [0.25, 0.3) is 0 Å². The van der Waals surface area contributed by atoms with E-state index in [0.29, 0.717) is 5.56 Å². The Labute approximate surface area is 73.9 Å². The first-order valence-electron chi connectivity index (χ1n) is 3.71. The molecule has 13 heavy (non-hydrogen) atoms. The van der Waals surface area contributed by atoms with Gasteiger partial charge in [-0.05, 0) is 18.1 Å². The van der Waals surface area contributed by atoms with Gasteiger partial charge in [-0.25, -0.2) is 18.6 Å². The Morgan fingerprint density at radius 1 is 1.38 bits per heavy atom. The molecule has 0 fully saturated rings. The number of aliphatic imine (C=N–C) groups is 1. The minimum atomic E-state index is -0.611. The normalized spacial score (nSPS) is 9.38. The quantitative estimate of drug-likeness (QED) is 0.519. The fraction of sp³-hybridized carbons (Fsp3) is 0.222. The van der Waals surface area contributed by atoms with Gasteiger partial charge in [0.2, 0.25) is 6.08 Å². The topological polar surface area (TPSA) is 29.4 Å². The van der Waals surface area contributed by atoms with Crippen molar-refractivity contribution >= 4 is 6.08 Å². The first-order valence-corrected chi connectivity index (χ1v) is 3.71. The molecule has 0 aliphatic rings. The van der Waals surface area contributed by atoms with Gasteiger partial charge in [-0.3, -0.25) is 0 Å². The molecule has 1 rings (SSSR count). The van der Waals surface area contributed by atoms with E-state index in [9.17, 15) is 13.6 Å². The van der Waals surface area contributed by atoms with E-state index in [1.807, 2.05) is 0 Å². The molecule has 0 atom stereocenters. The van der Waals surface area contributed by atoms with Crippen molar-refractivity contribution in [3.63, 3.8) is 0 Å². The molecular weight excluding hydrogens is 176 g/mol. The molecule has 0 N–H and O–H groups in total. The molecule has 0 amide bonds. The molecule has 2 nitrogen and oxygen atoms in total. The van der Waals surface area contributed by atoms with E-state index in [-0.39, 0.29) is 13.0 Å². The molecule has 0 aliphatic carbocycles. The Bertz CT molecular complexity index is 345. The number of hydrogen-bond donors (Lipinski definition) is 0. The second kappa shape index (κ2) is 4.48. The minimum absolute atomic E-state index is 0.173. The van der Waals surface area contributed by atoms with Crippen molar-refractivity contribution in [1.29, 1.82) is 0 Å². The molecule has 0 aromatic heterocycles. The van der Waals surface area contributed by atoms with Crippen LogP contribution in [0.1, 0.15) is 5.56 Å². The van der Waals surface area contributed by atoms with Crippen LogP contribution in [-0.2, 0) is 11.2 Å². The summed E-state index contributed by atoms with van der Waals surface area (Å²) in [5, 5.41) is 0. The maximum atomic E-state index is 12.9. The summed E-state index contributed by atoms with van der Waals surface area (Å²) < 4.78 is 25.3. The molecule has 0 bridgehead atoms. The zero-order valence-corrected chi connectivity index (χ0v) is 6.76. The van der Waals surface area contributed by atoms with Crippen molar-refractivity contribution in [2.75, 3.05) is 6.54 Å². The zero-order valence-electron chi connectivity index (χ0n) is 6.76. The van der Waals surface area contributed by atoms with E-state index in [1.54, 1.807) is 0 Å². The third-order valence-electron chi connectivity index (χ3n) is 1.57. The molecule has 0 spiro atoms. The fourth-order valence-corrected chi connectivity index (χ4v) is 0.946. The maximum Gasteiger partial charge on any atom is 0.234 e. The number of hydrogen-bond acceptors (Lipinski definition) is 2. The molecule has 1 aromatic carbocycles. The van der Waals surface area contributed by atoms with Crippen molar-refractivity contribution in [2.24, 2.45) is 4.99 Å². The van der Waals surface area contributed by atoms with E-state index in [4.69, 9.17) is 0 Å².